The van der Waals surface area contributed by atoms with Crippen LogP contribution in [0.3, 0.4) is 0 Å². The number of ketones is 1. The number of Topliss-reactive ketones (excluding diaryl/α,β-unsaturated/α-hetero) is 1. The molecule has 0 aromatic heterocycles. The van der Waals surface area contributed by atoms with Gasteiger partial charge in [-0.2, -0.15) is 0 Å². The second kappa shape index (κ2) is 7.83. The van der Waals surface area contributed by atoms with Crippen molar-refractivity contribution >= 4 is 5.78 Å². The van der Waals surface area contributed by atoms with Crippen LogP contribution in [0.25, 0.3) is 0 Å². The molecule has 0 saturated carbocycles. The monoisotopic (exact) mass is 399 g/mol. The maximum absolute atomic E-state index is 13.4. The molecule has 1 atom stereocenters. The second-order valence-corrected chi connectivity index (χ2v) is 7.13. The number of methoxy groups -OCH3 is 3. The number of likely N-dealkylation sites (N-methyl/N-ethyl adjacent to an activating group) is 1. The maximum atomic E-state index is 13.4. The molecule has 0 saturated heterocycles. The van der Waals surface area contributed by atoms with Crippen LogP contribution < -0.4 is 23.7 Å². The van der Waals surface area contributed by atoms with Gasteiger partial charge in [-0.3, -0.25) is 9.69 Å². The molecule has 154 valence electrons. The molecule has 2 aliphatic heterocycles. The van der Waals surface area contributed by atoms with Crippen molar-refractivity contribution in [1.29, 1.82) is 0 Å². The Balaban J connectivity index is 1.76. The summed E-state index contributed by atoms with van der Waals surface area (Å²) in [7, 11) is 6.74. The number of carbonyl (C=O) groups is 1. The third kappa shape index (κ3) is 3.25. The summed E-state index contributed by atoms with van der Waals surface area (Å²) in [5, 5.41) is 0. The Morgan fingerprint density at radius 2 is 1.86 bits per heavy atom. The molecule has 29 heavy (non-hydrogen) atoms. The molecule has 0 radical (unpaired) electrons. The fourth-order valence-corrected chi connectivity index (χ4v) is 4.19. The van der Waals surface area contributed by atoms with Gasteiger partial charge in [0, 0.05) is 24.6 Å². The lowest BCUT2D eigenvalue weighted by Crippen LogP contribution is -2.34. The summed E-state index contributed by atoms with van der Waals surface area (Å²) in [4.78, 5) is 15.6. The van der Waals surface area contributed by atoms with E-state index in [1.165, 1.54) is 0 Å². The first kappa shape index (κ1) is 19.4. The van der Waals surface area contributed by atoms with Crippen molar-refractivity contribution in [3.63, 3.8) is 0 Å². The van der Waals surface area contributed by atoms with Crippen LogP contribution in [-0.2, 0) is 6.42 Å². The zero-order valence-corrected chi connectivity index (χ0v) is 17.1. The zero-order chi connectivity index (χ0) is 20.5. The predicted molar refractivity (Wildman–Crippen MR) is 107 cm³/mol. The molecule has 0 fully saturated rings. The highest BCUT2D eigenvalue weighted by atomic mass is 16.7. The third-order valence-corrected chi connectivity index (χ3v) is 5.63. The van der Waals surface area contributed by atoms with Crippen molar-refractivity contribution in [2.75, 3.05) is 41.7 Å². The highest BCUT2D eigenvalue weighted by molar-refractivity contribution is 6.01. The van der Waals surface area contributed by atoms with E-state index in [1.54, 1.807) is 39.5 Å². The van der Waals surface area contributed by atoms with Crippen LogP contribution in [0.5, 0.6) is 28.7 Å². The number of hydrogen-bond donors (Lipinski definition) is 0. The van der Waals surface area contributed by atoms with Crippen molar-refractivity contribution in [2.45, 2.75) is 18.9 Å². The number of benzene rings is 2. The number of ether oxygens (including phenoxy) is 5. The van der Waals surface area contributed by atoms with Crippen molar-refractivity contribution < 1.29 is 28.5 Å². The van der Waals surface area contributed by atoms with Gasteiger partial charge in [-0.15, -0.1) is 0 Å². The summed E-state index contributed by atoms with van der Waals surface area (Å²) in [6.45, 7) is 1.00. The summed E-state index contributed by atoms with van der Waals surface area (Å²) in [6.07, 6.45) is 1.11. The molecule has 0 bridgehead atoms. The van der Waals surface area contributed by atoms with E-state index in [9.17, 15) is 4.79 Å². The van der Waals surface area contributed by atoms with Crippen molar-refractivity contribution in [1.82, 2.24) is 4.90 Å². The molecule has 2 aliphatic rings. The van der Waals surface area contributed by atoms with Crippen LogP contribution in [0.2, 0.25) is 0 Å². The van der Waals surface area contributed by atoms with Crippen LogP contribution >= 0.6 is 0 Å². The van der Waals surface area contributed by atoms with E-state index in [1.807, 2.05) is 13.1 Å². The first-order valence-corrected chi connectivity index (χ1v) is 9.52. The Labute approximate surface area is 170 Å². The van der Waals surface area contributed by atoms with E-state index in [-0.39, 0.29) is 25.0 Å². The minimum absolute atomic E-state index is 0.0521. The van der Waals surface area contributed by atoms with Gasteiger partial charge in [0.05, 0.1) is 21.3 Å². The Kier molecular flexibility index (Phi) is 5.24. The van der Waals surface area contributed by atoms with Gasteiger partial charge >= 0.3 is 0 Å². The van der Waals surface area contributed by atoms with Crippen LogP contribution in [0.1, 0.15) is 33.9 Å². The van der Waals surface area contributed by atoms with E-state index in [0.29, 0.717) is 34.3 Å². The molecule has 7 heteroatoms. The largest absolute Gasteiger partial charge is 0.496 e. The number of rotatable bonds is 6. The van der Waals surface area contributed by atoms with E-state index in [0.717, 1.165) is 24.1 Å². The maximum Gasteiger partial charge on any atom is 0.231 e. The van der Waals surface area contributed by atoms with Gasteiger partial charge in [0.15, 0.2) is 17.3 Å². The van der Waals surface area contributed by atoms with Crippen LogP contribution in [0.4, 0.5) is 0 Å². The normalized spacial score (nSPS) is 17.6. The fraction of sp³-hybridized carbons (Fsp3) is 0.409. The molecule has 2 heterocycles. The van der Waals surface area contributed by atoms with Crippen LogP contribution in [-0.4, -0.2) is 52.4 Å². The smallest absolute Gasteiger partial charge is 0.231 e. The lowest BCUT2D eigenvalue weighted by atomic mass is 9.87. The quantitative estimate of drug-likeness (QED) is 0.691. The van der Waals surface area contributed by atoms with Gasteiger partial charge in [-0.25, -0.2) is 0 Å². The Morgan fingerprint density at radius 1 is 1.14 bits per heavy atom. The molecule has 4 rings (SSSR count). The summed E-state index contributed by atoms with van der Waals surface area (Å²) in [6, 6.07) is 7.19. The van der Waals surface area contributed by atoms with Crippen LogP contribution in [0, 0.1) is 0 Å². The molecule has 2 aromatic carbocycles. The van der Waals surface area contributed by atoms with E-state index in [2.05, 4.69) is 4.90 Å². The molecule has 7 nitrogen and oxygen atoms in total. The lowest BCUT2D eigenvalue weighted by Gasteiger charge is -2.35. The minimum atomic E-state index is -0.162. The topological polar surface area (TPSA) is 66.5 Å². The lowest BCUT2D eigenvalue weighted by molar-refractivity contribution is 0.0919. The third-order valence-electron chi connectivity index (χ3n) is 5.63. The number of nitrogens with zero attached hydrogens (tertiary/aromatic N) is 1. The van der Waals surface area contributed by atoms with Gasteiger partial charge < -0.3 is 23.7 Å². The highest BCUT2D eigenvalue weighted by Crippen LogP contribution is 2.50. The molecule has 0 aliphatic carbocycles. The molecule has 0 amide bonds. The predicted octanol–water partition coefficient (Wildman–Crippen LogP) is 3.24. The highest BCUT2D eigenvalue weighted by Gasteiger charge is 2.35. The fourth-order valence-electron chi connectivity index (χ4n) is 4.19. The Bertz CT molecular complexity index is 919. The van der Waals surface area contributed by atoms with Crippen molar-refractivity contribution in [3.05, 3.63) is 41.0 Å². The molecule has 0 N–H and O–H groups in total. The van der Waals surface area contributed by atoms with E-state index in [4.69, 9.17) is 23.7 Å². The molecular formula is C22H25NO6. The number of fused-ring (bicyclic) bond motifs is 2. The van der Waals surface area contributed by atoms with Gasteiger partial charge in [-0.1, -0.05) is 6.07 Å². The van der Waals surface area contributed by atoms with Gasteiger partial charge in [-0.05, 0) is 37.2 Å². The van der Waals surface area contributed by atoms with Gasteiger partial charge in [0.2, 0.25) is 12.5 Å². The first-order chi connectivity index (χ1) is 14.1. The minimum Gasteiger partial charge on any atom is -0.496 e. The number of carbonyl (C=O) groups excluding carboxylic acids is 1. The zero-order valence-electron chi connectivity index (χ0n) is 17.1. The van der Waals surface area contributed by atoms with E-state index >= 15 is 0 Å². The molecule has 2 aromatic rings. The second-order valence-electron chi connectivity index (χ2n) is 7.13. The Morgan fingerprint density at radius 3 is 2.52 bits per heavy atom. The summed E-state index contributed by atoms with van der Waals surface area (Å²) in [5.74, 6) is 2.90. The van der Waals surface area contributed by atoms with E-state index < -0.39 is 0 Å². The summed E-state index contributed by atoms with van der Waals surface area (Å²) < 4.78 is 27.8. The summed E-state index contributed by atoms with van der Waals surface area (Å²) in [5.41, 5.74) is 2.56. The SMILES string of the molecule is COc1cccc(OC)c1C(=O)C[C@H]1c2c(cc3c(c2OC)OCO3)CCN1C. The van der Waals surface area contributed by atoms with Crippen LogP contribution in [0.15, 0.2) is 24.3 Å². The average Bonchev–Trinajstić information content (AvgIpc) is 3.21. The summed E-state index contributed by atoms with van der Waals surface area (Å²) >= 11 is 0. The number of hydrogen-bond acceptors (Lipinski definition) is 7. The average molecular weight is 399 g/mol. The molecular weight excluding hydrogens is 374 g/mol. The molecule has 0 spiro atoms. The van der Waals surface area contributed by atoms with Gasteiger partial charge in [0.25, 0.3) is 0 Å². The van der Waals surface area contributed by atoms with Crippen molar-refractivity contribution in [3.8, 4) is 28.7 Å². The first-order valence-electron chi connectivity index (χ1n) is 9.52. The Hall–Kier alpha value is -2.93. The standard InChI is InChI=1S/C22H25NO6/c1-23-9-8-13-10-18-21(29-12-28-18)22(27-4)19(13)14(23)11-15(24)20-16(25-2)6-5-7-17(20)26-3/h5-7,10,14H,8-9,11-12H2,1-4H3/t14-/m0/s1. The molecule has 0 unspecified atom stereocenters. The van der Waals surface area contributed by atoms with Gasteiger partial charge in [0.1, 0.15) is 17.1 Å². The van der Waals surface area contributed by atoms with Crippen molar-refractivity contribution in [2.24, 2.45) is 0 Å².